The fourth-order valence-corrected chi connectivity index (χ4v) is 3.12. The molecule has 1 aliphatic heterocycles. The van der Waals surface area contributed by atoms with Gasteiger partial charge in [0, 0.05) is 14.1 Å². The minimum Gasteiger partial charge on any atom is -0.494 e. The molecule has 112 valence electrons. The van der Waals surface area contributed by atoms with Crippen molar-refractivity contribution in [3.8, 4) is 5.75 Å². The zero-order valence-corrected chi connectivity index (χ0v) is 12.8. The summed E-state index contributed by atoms with van der Waals surface area (Å²) in [4.78, 5) is 0.287. The Morgan fingerprint density at radius 1 is 1.30 bits per heavy atom. The van der Waals surface area contributed by atoms with Crippen LogP contribution in [0.2, 0.25) is 0 Å². The van der Waals surface area contributed by atoms with E-state index < -0.39 is 10.0 Å². The van der Waals surface area contributed by atoms with Crippen molar-refractivity contribution in [2.24, 2.45) is 5.92 Å². The van der Waals surface area contributed by atoms with E-state index in [1.807, 2.05) is 0 Å². The molecule has 2 rings (SSSR count). The summed E-state index contributed by atoms with van der Waals surface area (Å²) in [6.07, 6.45) is 2.24. The molecule has 1 unspecified atom stereocenters. The first kappa shape index (κ1) is 15.3. The van der Waals surface area contributed by atoms with E-state index >= 15 is 0 Å². The molecule has 0 radical (unpaired) electrons. The maximum Gasteiger partial charge on any atom is 0.242 e. The van der Waals surface area contributed by atoms with Crippen LogP contribution >= 0.6 is 0 Å². The van der Waals surface area contributed by atoms with E-state index in [2.05, 4.69) is 5.32 Å². The van der Waals surface area contributed by atoms with Gasteiger partial charge in [0.25, 0.3) is 0 Å². The average molecular weight is 298 g/mol. The van der Waals surface area contributed by atoms with Crippen LogP contribution in [0.4, 0.5) is 0 Å². The molecular formula is C14H22N2O3S. The second-order valence-electron chi connectivity index (χ2n) is 5.25. The highest BCUT2D eigenvalue weighted by atomic mass is 32.2. The van der Waals surface area contributed by atoms with Gasteiger partial charge in [0.2, 0.25) is 10.0 Å². The van der Waals surface area contributed by atoms with Crippen molar-refractivity contribution in [2.75, 3.05) is 33.8 Å². The second-order valence-corrected chi connectivity index (χ2v) is 7.41. The Hall–Kier alpha value is -1.11. The van der Waals surface area contributed by atoms with Crippen LogP contribution in [-0.2, 0) is 10.0 Å². The SMILES string of the molecule is CN(C)S(=O)(=O)c1ccc(OCCC2CCNC2)cc1. The molecular weight excluding hydrogens is 276 g/mol. The molecule has 1 saturated heterocycles. The van der Waals surface area contributed by atoms with Crippen molar-refractivity contribution < 1.29 is 13.2 Å². The van der Waals surface area contributed by atoms with Crippen molar-refractivity contribution in [2.45, 2.75) is 17.7 Å². The summed E-state index contributed by atoms with van der Waals surface area (Å²) in [6, 6.07) is 6.59. The summed E-state index contributed by atoms with van der Waals surface area (Å²) >= 11 is 0. The van der Waals surface area contributed by atoms with Gasteiger partial charge in [-0.1, -0.05) is 0 Å². The van der Waals surface area contributed by atoms with E-state index in [9.17, 15) is 8.42 Å². The lowest BCUT2D eigenvalue weighted by atomic mass is 10.1. The number of sulfonamides is 1. The van der Waals surface area contributed by atoms with Gasteiger partial charge in [-0.05, 0) is 56.1 Å². The Balaban J connectivity index is 1.88. The molecule has 1 aromatic carbocycles. The predicted octanol–water partition coefficient (Wildman–Crippen LogP) is 1.32. The minimum absolute atomic E-state index is 0.287. The van der Waals surface area contributed by atoms with Crippen LogP contribution < -0.4 is 10.1 Å². The molecule has 20 heavy (non-hydrogen) atoms. The van der Waals surface area contributed by atoms with Gasteiger partial charge >= 0.3 is 0 Å². The molecule has 0 aliphatic carbocycles. The Labute approximate surface area is 121 Å². The summed E-state index contributed by atoms with van der Waals surface area (Å²) < 4.78 is 30.7. The van der Waals surface area contributed by atoms with Crippen LogP contribution in [0.5, 0.6) is 5.75 Å². The van der Waals surface area contributed by atoms with Gasteiger partial charge in [0.15, 0.2) is 0 Å². The molecule has 0 bridgehead atoms. The number of nitrogens with one attached hydrogen (secondary N) is 1. The lowest BCUT2D eigenvalue weighted by Gasteiger charge is -2.13. The van der Waals surface area contributed by atoms with E-state index in [0.717, 1.165) is 19.5 Å². The first-order chi connectivity index (χ1) is 9.50. The van der Waals surface area contributed by atoms with E-state index in [1.165, 1.54) is 24.8 Å². The van der Waals surface area contributed by atoms with Gasteiger partial charge in [-0.25, -0.2) is 12.7 Å². The molecule has 6 heteroatoms. The molecule has 1 aliphatic rings. The minimum atomic E-state index is -3.36. The fraction of sp³-hybridized carbons (Fsp3) is 0.571. The van der Waals surface area contributed by atoms with Gasteiger partial charge in [-0.3, -0.25) is 0 Å². The molecule has 5 nitrogen and oxygen atoms in total. The maximum atomic E-state index is 11.9. The zero-order chi connectivity index (χ0) is 14.6. The fourth-order valence-electron chi connectivity index (χ4n) is 2.22. The van der Waals surface area contributed by atoms with Crippen molar-refractivity contribution in [1.82, 2.24) is 9.62 Å². The predicted molar refractivity (Wildman–Crippen MR) is 78.4 cm³/mol. The summed E-state index contributed by atoms with van der Waals surface area (Å²) in [6.45, 7) is 2.84. The molecule has 1 atom stereocenters. The number of benzene rings is 1. The molecule has 1 N–H and O–H groups in total. The number of rotatable bonds is 6. The van der Waals surface area contributed by atoms with Crippen LogP contribution in [0.3, 0.4) is 0 Å². The van der Waals surface area contributed by atoms with E-state index in [4.69, 9.17) is 4.74 Å². The molecule has 0 amide bonds. The third kappa shape index (κ3) is 3.71. The van der Waals surface area contributed by atoms with Gasteiger partial charge in [0.1, 0.15) is 5.75 Å². The monoisotopic (exact) mass is 298 g/mol. The Bertz CT molecular complexity index is 520. The van der Waals surface area contributed by atoms with Crippen LogP contribution in [0, 0.1) is 5.92 Å². The number of hydrogen-bond donors (Lipinski definition) is 1. The molecule has 0 aromatic heterocycles. The third-order valence-electron chi connectivity index (χ3n) is 3.56. The molecule has 0 saturated carbocycles. The maximum absolute atomic E-state index is 11.9. The molecule has 1 fully saturated rings. The third-order valence-corrected chi connectivity index (χ3v) is 5.39. The van der Waals surface area contributed by atoms with Crippen molar-refractivity contribution in [3.05, 3.63) is 24.3 Å². The highest BCUT2D eigenvalue weighted by molar-refractivity contribution is 7.89. The summed E-state index contributed by atoms with van der Waals surface area (Å²) in [5.74, 6) is 1.41. The topological polar surface area (TPSA) is 58.6 Å². The highest BCUT2D eigenvalue weighted by Crippen LogP contribution is 2.19. The van der Waals surface area contributed by atoms with Gasteiger partial charge in [-0.15, -0.1) is 0 Å². The number of hydrogen-bond acceptors (Lipinski definition) is 4. The Kier molecular flexibility index (Phi) is 5.01. The van der Waals surface area contributed by atoms with Gasteiger partial charge in [-0.2, -0.15) is 0 Å². The van der Waals surface area contributed by atoms with Crippen molar-refractivity contribution in [1.29, 1.82) is 0 Å². The molecule has 1 aromatic rings. The Morgan fingerprint density at radius 2 is 2.00 bits per heavy atom. The molecule has 1 heterocycles. The lowest BCUT2D eigenvalue weighted by Crippen LogP contribution is -2.22. The van der Waals surface area contributed by atoms with Gasteiger partial charge < -0.3 is 10.1 Å². The van der Waals surface area contributed by atoms with Crippen molar-refractivity contribution in [3.63, 3.8) is 0 Å². The van der Waals surface area contributed by atoms with E-state index in [-0.39, 0.29) is 4.90 Å². The first-order valence-electron chi connectivity index (χ1n) is 6.86. The lowest BCUT2D eigenvalue weighted by molar-refractivity contribution is 0.283. The van der Waals surface area contributed by atoms with Crippen LogP contribution in [0.15, 0.2) is 29.2 Å². The summed E-state index contributed by atoms with van der Waals surface area (Å²) in [5.41, 5.74) is 0. The first-order valence-corrected chi connectivity index (χ1v) is 8.30. The smallest absolute Gasteiger partial charge is 0.242 e. The zero-order valence-electron chi connectivity index (χ0n) is 12.0. The van der Waals surface area contributed by atoms with Crippen LogP contribution in [0.25, 0.3) is 0 Å². The number of nitrogens with zero attached hydrogens (tertiary/aromatic N) is 1. The quantitative estimate of drug-likeness (QED) is 0.860. The largest absolute Gasteiger partial charge is 0.494 e. The highest BCUT2D eigenvalue weighted by Gasteiger charge is 2.17. The number of ether oxygens (including phenoxy) is 1. The van der Waals surface area contributed by atoms with Crippen LogP contribution in [-0.4, -0.2) is 46.5 Å². The summed E-state index contributed by atoms with van der Waals surface area (Å²) in [7, 11) is -0.311. The van der Waals surface area contributed by atoms with Crippen molar-refractivity contribution >= 4 is 10.0 Å². The standard InChI is InChI=1S/C14H22N2O3S/c1-16(2)20(17,18)14-5-3-13(4-6-14)19-10-8-12-7-9-15-11-12/h3-6,12,15H,7-11H2,1-2H3. The normalized spacial score (nSPS) is 19.4. The van der Waals surface area contributed by atoms with E-state index in [0.29, 0.717) is 18.3 Å². The van der Waals surface area contributed by atoms with Crippen LogP contribution in [0.1, 0.15) is 12.8 Å². The molecule has 0 spiro atoms. The average Bonchev–Trinajstić information content (AvgIpc) is 2.92. The summed E-state index contributed by atoms with van der Waals surface area (Å²) in [5, 5.41) is 3.33. The second kappa shape index (κ2) is 6.56. The van der Waals surface area contributed by atoms with Gasteiger partial charge in [0.05, 0.1) is 11.5 Å². The van der Waals surface area contributed by atoms with E-state index in [1.54, 1.807) is 24.3 Å². The Morgan fingerprint density at radius 3 is 2.55 bits per heavy atom.